The average Bonchev–Trinajstić information content (AvgIpc) is 3.03. The van der Waals surface area contributed by atoms with Gasteiger partial charge < -0.3 is 4.90 Å². The van der Waals surface area contributed by atoms with Crippen molar-refractivity contribution in [2.24, 2.45) is 5.11 Å². The van der Waals surface area contributed by atoms with Gasteiger partial charge in [-0.15, -0.1) is 0 Å². The summed E-state index contributed by atoms with van der Waals surface area (Å²) in [5.41, 5.74) is 10.7. The molecule has 0 spiro atoms. The number of nitrogens with zero attached hydrogens (tertiary/aromatic N) is 6. The second-order valence-electron chi connectivity index (χ2n) is 5.94. The molecular weight excluding hydrogens is 296 g/mol. The van der Waals surface area contributed by atoms with Crippen molar-refractivity contribution in [2.75, 3.05) is 7.05 Å². The molecule has 2 aromatic rings. The molecule has 0 N–H and O–H groups in total. The summed E-state index contributed by atoms with van der Waals surface area (Å²) in [5.74, 6) is 0.0769. The van der Waals surface area contributed by atoms with Crippen LogP contribution in [0.25, 0.3) is 21.5 Å². The molecule has 1 amide bonds. The summed E-state index contributed by atoms with van der Waals surface area (Å²) in [6.45, 7) is 0. The van der Waals surface area contributed by atoms with E-state index in [1.807, 2.05) is 24.1 Å². The van der Waals surface area contributed by atoms with Crippen LogP contribution in [0.15, 0.2) is 27.9 Å². The number of amides is 1. The molecule has 3 rings (SSSR count). The van der Waals surface area contributed by atoms with Gasteiger partial charge in [-0.05, 0) is 59.2 Å². The van der Waals surface area contributed by atoms with Gasteiger partial charge in [0, 0.05) is 24.0 Å². The first-order valence-electron chi connectivity index (χ1n) is 7.68. The molecule has 0 aliphatic heterocycles. The van der Waals surface area contributed by atoms with Gasteiger partial charge in [0.1, 0.15) is 11.0 Å². The van der Waals surface area contributed by atoms with Gasteiger partial charge in [0.05, 0.1) is 6.42 Å². The molecule has 8 nitrogen and oxygen atoms in total. The summed E-state index contributed by atoms with van der Waals surface area (Å²) in [4.78, 5) is 17.2. The molecular formula is C15H18N6O2. The molecule has 1 aromatic carbocycles. The van der Waals surface area contributed by atoms with Crippen LogP contribution in [0.1, 0.15) is 31.2 Å². The Morgan fingerprint density at radius 3 is 2.83 bits per heavy atom. The lowest BCUT2D eigenvalue weighted by molar-refractivity contribution is -0.131. The molecule has 1 aliphatic carbocycles. The Morgan fingerprint density at radius 2 is 2.09 bits per heavy atom. The fraction of sp³-hybridized carbons (Fsp3) is 0.533. The van der Waals surface area contributed by atoms with Gasteiger partial charge in [0.2, 0.25) is 5.91 Å². The average molecular weight is 314 g/mol. The van der Waals surface area contributed by atoms with Crippen LogP contribution in [-0.4, -0.2) is 40.3 Å². The fourth-order valence-electron chi connectivity index (χ4n) is 3.07. The van der Waals surface area contributed by atoms with Crippen LogP contribution < -0.4 is 0 Å². The second-order valence-corrected chi connectivity index (χ2v) is 5.94. The Bertz CT molecular complexity index is 743. The van der Waals surface area contributed by atoms with Crippen LogP contribution >= 0.6 is 0 Å². The van der Waals surface area contributed by atoms with Gasteiger partial charge in [-0.2, -0.15) is 0 Å². The zero-order valence-electron chi connectivity index (χ0n) is 12.9. The van der Waals surface area contributed by atoms with E-state index in [0.717, 1.165) is 31.2 Å². The quantitative estimate of drug-likeness (QED) is 0.491. The van der Waals surface area contributed by atoms with Crippen molar-refractivity contribution >= 4 is 16.9 Å². The first kappa shape index (κ1) is 15.3. The van der Waals surface area contributed by atoms with Crippen LogP contribution in [0.5, 0.6) is 0 Å². The van der Waals surface area contributed by atoms with Gasteiger partial charge in [-0.3, -0.25) is 4.79 Å². The lowest BCUT2D eigenvalue weighted by Gasteiger charge is -2.33. The number of rotatable bonds is 4. The van der Waals surface area contributed by atoms with Crippen molar-refractivity contribution in [2.45, 2.75) is 44.2 Å². The first-order chi connectivity index (χ1) is 11.2. The first-order valence-corrected chi connectivity index (χ1v) is 7.68. The highest BCUT2D eigenvalue weighted by Crippen LogP contribution is 2.25. The van der Waals surface area contributed by atoms with E-state index in [-0.39, 0.29) is 18.0 Å². The minimum Gasteiger partial charge on any atom is -0.342 e. The monoisotopic (exact) mass is 314 g/mol. The molecule has 23 heavy (non-hydrogen) atoms. The Balaban J connectivity index is 1.60. The Labute approximate surface area is 133 Å². The van der Waals surface area contributed by atoms with E-state index >= 15 is 0 Å². The predicted octanol–water partition coefficient (Wildman–Crippen LogP) is 2.85. The van der Waals surface area contributed by atoms with E-state index < -0.39 is 0 Å². The van der Waals surface area contributed by atoms with Crippen molar-refractivity contribution in [1.29, 1.82) is 0 Å². The maximum absolute atomic E-state index is 12.5. The van der Waals surface area contributed by atoms with Gasteiger partial charge in [0.25, 0.3) is 0 Å². The van der Waals surface area contributed by atoms with Crippen molar-refractivity contribution in [3.8, 4) is 0 Å². The summed E-state index contributed by atoms with van der Waals surface area (Å²) < 4.78 is 4.67. The fourth-order valence-corrected chi connectivity index (χ4v) is 3.07. The molecule has 8 heteroatoms. The zero-order valence-corrected chi connectivity index (χ0v) is 12.9. The number of carbonyl (C=O) groups is 1. The molecule has 120 valence electrons. The molecule has 0 radical (unpaired) electrons. The molecule has 0 atom stereocenters. The number of hydrogen-bond acceptors (Lipinski definition) is 5. The van der Waals surface area contributed by atoms with Crippen molar-refractivity contribution in [3.63, 3.8) is 0 Å². The van der Waals surface area contributed by atoms with Crippen LogP contribution in [0.4, 0.5) is 0 Å². The molecule has 1 aliphatic rings. The third-order valence-electron chi connectivity index (χ3n) is 4.50. The molecule has 0 unspecified atom stereocenters. The maximum Gasteiger partial charge on any atom is 0.226 e. The summed E-state index contributed by atoms with van der Waals surface area (Å²) in [7, 11) is 1.84. The van der Waals surface area contributed by atoms with E-state index in [4.69, 9.17) is 5.53 Å². The second kappa shape index (κ2) is 6.66. The van der Waals surface area contributed by atoms with Crippen LogP contribution in [-0.2, 0) is 11.2 Å². The largest absolute Gasteiger partial charge is 0.342 e. The SMILES string of the molecule is CN(C(=O)Cc1ccc2nonc2c1)C1CCC(N=[N+]=[N-])CC1. The highest BCUT2D eigenvalue weighted by Gasteiger charge is 2.26. The van der Waals surface area contributed by atoms with E-state index in [1.165, 1.54) is 0 Å². The van der Waals surface area contributed by atoms with Crippen molar-refractivity contribution in [1.82, 2.24) is 15.2 Å². The smallest absolute Gasteiger partial charge is 0.226 e. The van der Waals surface area contributed by atoms with Gasteiger partial charge in [0.15, 0.2) is 0 Å². The number of hydrogen-bond donors (Lipinski definition) is 0. The molecule has 1 saturated carbocycles. The summed E-state index contributed by atoms with van der Waals surface area (Å²) in [6.07, 6.45) is 3.75. The third-order valence-corrected chi connectivity index (χ3v) is 4.50. The number of azide groups is 1. The molecule has 1 heterocycles. The van der Waals surface area contributed by atoms with Crippen LogP contribution in [0, 0.1) is 0 Å². The van der Waals surface area contributed by atoms with Gasteiger partial charge in [-0.1, -0.05) is 11.2 Å². The van der Waals surface area contributed by atoms with E-state index in [0.29, 0.717) is 17.5 Å². The normalized spacial score (nSPS) is 20.9. The standard InChI is InChI=1S/C15H18N6O2/c1-21(12-5-3-11(4-6-12)17-20-16)15(22)9-10-2-7-13-14(8-10)19-23-18-13/h2,7-8,11-12H,3-6,9H2,1H3. The Hall–Kier alpha value is -2.60. The van der Waals surface area contributed by atoms with Crippen LogP contribution in [0.3, 0.4) is 0 Å². The number of carbonyl (C=O) groups excluding carboxylic acids is 1. The number of fused-ring (bicyclic) bond motifs is 1. The predicted molar refractivity (Wildman–Crippen MR) is 83.5 cm³/mol. The van der Waals surface area contributed by atoms with Crippen molar-refractivity contribution < 1.29 is 9.42 Å². The van der Waals surface area contributed by atoms with Gasteiger partial charge in [-0.25, -0.2) is 4.63 Å². The highest BCUT2D eigenvalue weighted by atomic mass is 16.6. The lowest BCUT2D eigenvalue weighted by atomic mass is 9.90. The number of aromatic nitrogens is 2. The topological polar surface area (TPSA) is 108 Å². The Kier molecular flexibility index (Phi) is 4.43. The van der Waals surface area contributed by atoms with Crippen LogP contribution in [0.2, 0.25) is 0 Å². The number of likely N-dealkylation sites (N-methyl/N-ethyl adjacent to an activating group) is 1. The molecule has 0 saturated heterocycles. The minimum absolute atomic E-state index is 0.0711. The lowest BCUT2D eigenvalue weighted by Crippen LogP contribution is -2.40. The molecule has 1 aromatic heterocycles. The third kappa shape index (κ3) is 3.43. The summed E-state index contributed by atoms with van der Waals surface area (Å²) in [6, 6.07) is 5.79. The summed E-state index contributed by atoms with van der Waals surface area (Å²) in [5, 5.41) is 11.3. The zero-order chi connectivity index (χ0) is 16.2. The van der Waals surface area contributed by atoms with Gasteiger partial charge >= 0.3 is 0 Å². The molecule has 1 fully saturated rings. The highest BCUT2D eigenvalue weighted by molar-refractivity contribution is 5.81. The van der Waals surface area contributed by atoms with E-state index in [9.17, 15) is 4.79 Å². The van der Waals surface area contributed by atoms with E-state index in [1.54, 1.807) is 6.07 Å². The summed E-state index contributed by atoms with van der Waals surface area (Å²) >= 11 is 0. The Morgan fingerprint density at radius 1 is 1.35 bits per heavy atom. The number of benzene rings is 1. The minimum atomic E-state index is 0.0711. The van der Waals surface area contributed by atoms with Crippen molar-refractivity contribution in [3.05, 3.63) is 34.2 Å². The molecule has 0 bridgehead atoms. The maximum atomic E-state index is 12.5. The van der Waals surface area contributed by atoms with E-state index in [2.05, 4.69) is 25.0 Å².